The number of nitrogens with zero attached hydrogens (tertiary/aromatic N) is 1. The molecule has 1 aromatic carbocycles. The molecule has 0 spiro atoms. The van der Waals surface area contributed by atoms with Gasteiger partial charge < -0.3 is 14.6 Å². The predicted octanol–water partition coefficient (Wildman–Crippen LogP) is 3.70. The van der Waals surface area contributed by atoms with Crippen LogP contribution in [-0.4, -0.2) is 17.4 Å². The van der Waals surface area contributed by atoms with E-state index in [1.165, 1.54) is 12.1 Å². The summed E-state index contributed by atoms with van der Waals surface area (Å²) in [5.41, 5.74) is 0.256. The molecule has 0 aliphatic heterocycles. The van der Waals surface area contributed by atoms with Crippen LogP contribution in [0.15, 0.2) is 34.9 Å². The highest BCUT2D eigenvalue weighted by Gasteiger charge is 2.31. The van der Waals surface area contributed by atoms with E-state index in [9.17, 15) is 18.0 Å². The number of amides is 1. The molecule has 0 unspecified atom stereocenters. The molecule has 1 fully saturated rings. The van der Waals surface area contributed by atoms with E-state index >= 15 is 0 Å². The van der Waals surface area contributed by atoms with Gasteiger partial charge in [-0.3, -0.25) is 4.79 Å². The molecule has 116 valence electrons. The predicted molar refractivity (Wildman–Crippen MR) is 69.6 cm³/mol. The first-order valence-electron chi connectivity index (χ1n) is 6.54. The standard InChI is InChI=1S/C14H11F3N2O3/c15-14(16,17)21-10-3-1-2-9(6-10)18-13(20)11-7-12(22-19-11)8-4-5-8/h1-3,6-8H,4-5H2,(H,18,20). The van der Waals surface area contributed by atoms with Crippen LogP contribution >= 0.6 is 0 Å². The van der Waals surface area contributed by atoms with Crippen molar-refractivity contribution in [2.45, 2.75) is 25.1 Å². The number of hydrogen-bond donors (Lipinski definition) is 1. The molecule has 2 aromatic rings. The van der Waals surface area contributed by atoms with E-state index in [1.54, 1.807) is 6.07 Å². The number of carbonyl (C=O) groups excluding carboxylic acids is 1. The molecule has 0 bridgehead atoms. The van der Waals surface area contributed by atoms with Gasteiger partial charge in [-0.05, 0) is 25.0 Å². The Morgan fingerprint density at radius 2 is 2.09 bits per heavy atom. The zero-order valence-electron chi connectivity index (χ0n) is 11.2. The molecule has 0 radical (unpaired) electrons. The van der Waals surface area contributed by atoms with Gasteiger partial charge in [-0.1, -0.05) is 11.2 Å². The molecule has 1 saturated carbocycles. The number of nitrogens with one attached hydrogen (secondary N) is 1. The first-order valence-corrected chi connectivity index (χ1v) is 6.54. The molecule has 1 aliphatic carbocycles. The molecule has 1 heterocycles. The molecule has 3 rings (SSSR count). The van der Waals surface area contributed by atoms with Gasteiger partial charge in [0.25, 0.3) is 5.91 Å². The second kappa shape index (κ2) is 5.36. The smallest absolute Gasteiger partial charge is 0.406 e. The summed E-state index contributed by atoms with van der Waals surface area (Å²) < 4.78 is 45.3. The Morgan fingerprint density at radius 3 is 2.77 bits per heavy atom. The zero-order chi connectivity index (χ0) is 15.7. The number of alkyl halides is 3. The van der Waals surface area contributed by atoms with E-state index in [1.807, 2.05) is 0 Å². The van der Waals surface area contributed by atoms with Gasteiger partial charge in [-0.25, -0.2) is 0 Å². The van der Waals surface area contributed by atoms with Crippen molar-refractivity contribution >= 4 is 11.6 Å². The largest absolute Gasteiger partial charge is 0.573 e. The minimum absolute atomic E-state index is 0.0871. The van der Waals surface area contributed by atoms with E-state index in [-0.39, 0.29) is 11.4 Å². The number of rotatable bonds is 4. The van der Waals surface area contributed by atoms with E-state index in [0.29, 0.717) is 11.7 Å². The molecule has 0 saturated heterocycles. The highest BCUT2D eigenvalue weighted by molar-refractivity contribution is 6.02. The topological polar surface area (TPSA) is 64.4 Å². The van der Waals surface area contributed by atoms with Crippen LogP contribution < -0.4 is 10.1 Å². The Morgan fingerprint density at radius 1 is 1.32 bits per heavy atom. The Bertz CT molecular complexity index is 693. The summed E-state index contributed by atoms with van der Waals surface area (Å²) in [7, 11) is 0. The Hall–Kier alpha value is -2.51. The van der Waals surface area contributed by atoms with Gasteiger partial charge in [0.05, 0.1) is 0 Å². The zero-order valence-corrected chi connectivity index (χ0v) is 11.2. The number of ether oxygens (including phenoxy) is 1. The fraction of sp³-hybridized carbons (Fsp3) is 0.286. The quantitative estimate of drug-likeness (QED) is 0.935. The second-order valence-corrected chi connectivity index (χ2v) is 4.92. The highest BCUT2D eigenvalue weighted by Crippen LogP contribution is 2.40. The molecule has 1 N–H and O–H groups in total. The molecule has 1 aliphatic rings. The van der Waals surface area contributed by atoms with E-state index in [2.05, 4.69) is 15.2 Å². The van der Waals surface area contributed by atoms with Crippen molar-refractivity contribution in [3.05, 3.63) is 41.8 Å². The number of aromatic nitrogens is 1. The third kappa shape index (κ3) is 3.57. The van der Waals surface area contributed by atoms with Gasteiger partial charge in [0, 0.05) is 23.7 Å². The lowest BCUT2D eigenvalue weighted by atomic mass is 10.2. The van der Waals surface area contributed by atoms with E-state index < -0.39 is 18.0 Å². The van der Waals surface area contributed by atoms with Crippen molar-refractivity contribution in [3.63, 3.8) is 0 Å². The third-order valence-corrected chi connectivity index (χ3v) is 3.07. The normalized spacial score (nSPS) is 14.7. The Labute approximate surface area is 123 Å². The maximum absolute atomic E-state index is 12.2. The lowest BCUT2D eigenvalue weighted by molar-refractivity contribution is -0.274. The number of benzene rings is 1. The van der Waals surface area contributed by atoms with Gasteiger partial charge >= 0.3 is 6.36 Å². The Kier molecular flexibility index (Phi) is 3.51. The average molecular weight is 312 g/mol. The van der Waals surface area contributed by atoms with Gasteiger partial charge in [0.1, 0.15) is 11.5 Å². The molecular weight excluding hydrogens is 301 g/mol. The van der Waals surface area contributed by atoms with Crippen molar-refractivity contribution < 1.29 is 27.2 Å². The summed E-state index contributed by atoms with van der Waals surface area (Å²) in [5.74, 6) is 0.000741. The molecule has 22 heavy (non-hydrogen) atoms. The minimum Gasteiger partial charge on any atom is -0.406 e. The summed E-state index contributed by atoms with van der Waals surface area (Å²) in [5, 5.41) is 6.11. The van der Waals surface area contributed by atoms with Crippen LogP contribution in [0.5, 0.6) is 5.75 Å². The van der Waals surface area contributed by atoms with Crippen LogP contribution in [-0.2, 0) is 0 Å². The van der Waals surface area contributed by atoms with Gasteiger partial charge in [0.15, 0.2) is 5.69 Å². The highest BCUT2D eigenvalue weighted by atomic mass is 19.4. The monoisotopic (exact) mass is 312 g/mol. The lowest BCUT2D eigenvalue weighted by Crippen LogP contribution is -2.17. The fourth-order valence-corrected chi connectivity index (χ4v) is 1.92. The molecule has 1 aromatic heterocycles. The fourth-order valence-electron chi connectivity index (χ4n) is 1.92. The van der Waals surface area contributed by atoms with Crippen molar-refractivity contribution in [3.8, 4) is 5.75 Å². The van der Waals surface area contributed by atoms with Gasteiger partial charge in [-0.2, -0.15) is 0 Å². The van der Waals surface area contributed by atoms with Crippen LogP contribution in [0.2, 0.25) is 0 Å². The van der Waals surface area contributed by atoms with Crippen molar-refractivity contribution in [2.24, 2.45) is 0 Å². The SMILES string of the molecule is O=C(Nc1cccc(OC(F)(F)F)c1)c1cc(C2CC2)on1. The number of hydrogen-bond acceptors (Lipinski definition) is 4. The maximum Gasteiger partial charge on any atom is 0.573 e. The molecule has 8 heteroatoms. The first kappa shape index (κ1) is 14.4. The number of anilines is 1. The van der Waals surface area contributed by atoms with Gasteiger partial charge in [-0.15, -0.1) is 13.2 Å². The summed E-state index contributed by atoms with van der Waals surface area (Å²) >= 11 is 0. The second-order valence-electron chi connectivity index (χ2n) is 4.92. The van der Waals surface area contributed by atoms with Crippen molar-refractivity contribution in [1.82, 2.24) is 5.16 Å². The number of carbonyl (C=O) groups is 1. The van der Waals surface area contributed by atoms with Crippen LogP contribution in [0, 0.1) is 0 Å². The lowest BCUT2D eigenvalue weighted by Gasteiger charge is -2.10. The number of halogens is 3. The van der Waals surface area contributed by atoms with Crippen LogP contribution in [0.25, 0.3) is 0 Å². The van der Waals surface area contributed by atoms with Crippen molar-refractivity contribution in [1.29, 1.82) is 0 Å². The van der Waals surface area contributed by atoms with E-state index in [4.69, 9.17) is 4.52 Å². The minimum atomic E-state index is -4.78. The summed E-state index contributed by atoms with van der Waals surface area (Å²) in [6.45, 7) is 0. The summed E-state index contributed by atoms with van der Waals surface area (Å²) in [4.78, 5) is 12.0. The molecule has 5 nitrogen and oxygen atoms in total. The van der Waals surface area contributed by atoms with Crippen molar-refractivity contribution in [2.75, 3.05) is 5.32 Å². The molecule has 1 amide bonds. The summed E-state index contributed by atoms with van der Waals surface area (Å²) in [6, 6.07) is 6.55. The first-order chi connectivity index (χ1) is 10.4. The summed E-state index contributed by atoms with van der Waals surface area (Å²) in [6.07, 6.45) is -2.77. The van der Waals surface area contributed by atoms with Gasteiger partial charge in [0.2, 0.25) is 0 Å². The maximum atomic E-state index is 12.2. The Balaban J connectivity index is 1.68. The average Bonchev–Trinajstić information content (AvgIpc) is 3.14. The van der Waals surface area contributed by atoms with E-state index in [0.717, 1.165) is 25.0 Å². The van der Waals surface area contributed by atoms with Crippen LogP contribution in [0.3, 0.4) is 0 Å². The molecule has 0 atom stereocenters. The van der Waals surface area contributed by atoms with Crippen LogP contribution in [0.1, 0.15) is 35.0 Å². The third-order valence-electron chi connectivity index (χ3n) is 3.07. The molecular formula is C14H11F3N2O3. The van der Waals surface area contributed by atoms with Crippen LogP contribution in [0.4, 0.5) is 18.9 Å².